The highest BCUT2D eigenvalue weighted by molar-refractivity contribution is 7.15. The highest BCUT2D eigenvalue weighted by atomic mass is 35.5. The zero-order valence-corrected chi connectivity index (χ0v) is 6.61. The number of nitrogens with zero attached hydrogens (tertiary/aromatic N) is 1. The summed E-state index contributed by atoms with van der Waals surface area (Å²) < 4.78 is 0.623. The summed E-state index contributed by atoms with van der Waals surface area (Å²) in [6.07, 6.45) is 1.76. The van der Waals surface area contributed by atoms with Crippen molar-refractivity contribution in [2.45, 2.75) is 6.92 Å². The van der Waals surface area contributed by atoms with Gasteiger partial charge in [0, 0.05) is 11.1 Å². The minimum absolute atomic E-state index is 0. The van der Waals surface area contributed by atoms with Crippen LogP contribution in [-0.2, 0) is 0 Å². The van der Waals surface area contributed by atoms with E-state index in [0.29, 0.717) is 4.47 Å². The van der Waals surface area contributed by atoms with Gasteiger partial charge in [0.2, 0.25) is 0 Å². The Kier molecular flexibility index (Phi) is 3.36. The molecule has 0 aliphatic carbocycles. The van der Waals surface area contributed by atoms with Crippen molar-refractivity contribution in [2.24, 2.45) is 0 Å². The molecule has 0 aromatic carbocycles. The largest absolute Gasteiger partial charge is 0.233 e. The number of hydrogen-bond acceptors (Lipinski definition) is 2. The van der Waals surface area contributed by atoms with Crippen molar-refractivity contribution < 1.29 is 0 Å². The molecule has 1 aromatic rings. The topological polar surface area (TPSA) is 12.9 Å². The molecule has 1 aromatic heterocycles. The fourth-order valence-electron chi connectivity index (χ4n) is 0.327. The Morgan fingerprint density at radius 1 is 1.75 bits per heavy atom. The molecule has 0 saturated carbocycles. The first-order valence-electron chi connectivity index (χ1n) is 1.87. The Labute approximate surface area is 63.1 Å². The third-order valence-electron chi connectivity index (χ3n) is 0.593. The van der Waals surface area contributed by atoms with Gasteiger partial charge in [-0.3, -0.25) is 0 Å². The predicted octanol–water partition coefficient (Wildman–Crippen LogP) is 2.53. The molecular weight excluding hydrogens is 165 g/mol. The molecule has 1 rings (SSSR count). The number of aryl methyl sites for hydroxylation is 1. The first-order chi connectivity index (χ1) is 3.29. The fraction of sp³-hybridized carbons (Fsp3) is 0.250. The maximum Gasteiger partial charge on any atom is 0.183 e. The molecule has 0 radical (unpaired) electrons. The summed E-state index contributed by atoms with van der Waals surface area (Å²) in [5, 5.41) is 0. The van der Waals surface area contributed by atoms with Gasteiger partial charge >= 0.3 is 0 Å². The molecule has 1 heterocycles. The minimum atomic E-state index is 0. The maximum absolute atomic E-state index is 5.47. The van der Waals surface area contributed by atoms with E-state index in [0.717, 1.165) is 4.88 Å². The Balaban J connectivity index is 0.000000490. The molecule has 8 heavy (non-hydrogen) atoms. The van der Waals surface area contributed by atoms with Gasteiger partial charge in [-0.05, 0) is 6.92 Å². The Hall–Kier alpha value is 0.210. The van der Waals surface area contributed by atoms with Crippen molar-refractivity contribution in [1.29, 1.82) is 0 Å². The Morgan fingerprint density at radius 3 is 2.50 bits per heavy atom. The van der Waals surface area contributed by atoms with Crippen LogP contribution in [0.15, 0.2) is 6.20 Å². The van der Waals surface area contributed by atoms with E-state index in [1.165, 1.54) is 11.3 Å². The Morgan fingerprint density at radius 2 is 2.38 bits per heavy atom. The zero-order valence-electron chi connectivity index (χ0n) is 4.22. The lowest BCUT2D eigenvalue weighted by atomic mass is 10.7. The third kappa shape index (κ3) is 1.99. The monoisotopic (exact) mass is 169 g/mol. The smallest absolute Gasteiger partial charge is 0.183 e. The maximum atomic E-state index is 5.47. The quantitative estimate of drug-likeness (QED) is 0.582. The van der Waals surface area contributed by atoms with Gasteiger partial charge in [0.15, 0.2) is 4.47 Å². The molecule has 0 spiro atoms. The predicted molar refractivity (Wildman–Crippen MR) is 39.1 cm³/mol. The lowest BCUT2D eigenvalue weighted by molar-refractivity contribution is 1.39. The van der Waals surface area contributed by atoms with Gasteiger partial charge in [-0.15, -0.1) is 23.7 Å². The normalized spacial score (nSPS) is 8.25. The molecule has 0 atom stereocenters. The lowest BCUT2D eigenvalue weighted by Crippen LogP contribution is -1.50. The van der Waals surface area contributed by atoms with Crippen molar-refractivity contribution in [1.82, 2.24) is 4.98 Å². The molecule has 0 fully saturated rings. The van der Waals surface area contributed by atoms with Crippen LogP contribution in [-0.4, -0.2) is 4.98 Å². The summed E-state index contributed by atoms with van der Waals surface area (Å²) in [5.41, 5.74) is 0. The van der Waals surface area contributed by atoms with Gasteiger partial charge in [0.25, 0.3) is 0 Å². The first kappa shape index (κ1) is 8.21. The second kappa shape index (κ2) is 3.28. The third-order valence-corrected chi connectivity index (χ3v) is 1.62. The van der Waals surface area contributed by atoms with Gasteiger partial charge in [0.05, 0.1) is 0 Å². The molecule has 0 aliphatic heterocycles. The zero-order chi connectivity index (χ0) is 5.28. The van der Waals surface area contributed by atoms with Crippen molar-refractivity contribution in [3.8, 4) is 0 Å². The van der Waals surface area contributed by atoms with Crippen LogP contribution in [0.3, 0.4) is 0 Å². The van der Waals surface area contributed by atoms with E-state index in [4.69, 9.17) is 11.6 Å². The summed E-state index contributed by atoms with van der Waals surface area (Å²) in [4.78, 5) is 4.96. The second-order valence-corrected chi connectivity index (χ2v) is 3.04. The van der Waals surface area contributed by atoms with Crippen LogP contribution in [0, 0.1) is 6.92 Å². The van der Waals surface area contributed by atoms with Crippen molar-refractivity contribution in [3.63, 3.8) is 0 Å². The number of aromatic nitrogens is 1. The Bertz CT molecular complexity index is 146. The molecule has 0 aliphatic rings. The first-order valence-corrected chi connectivity index (χ1v) is 3.06. The van der Waals surface area contributed by atoms with E-state index < -0.39 is 0 Å². The van der Waals surface area contributed by atoms with Crippen LogP contribution < -0.4 is 0 Å². The van der Waals surface area contributed by atoms with Gasteiger partial charge in [-0.25, -0.2) is 4.98 Å². The highest BCUT2D eigenvalue weighted by Crippen LogP contribution is 2.15. The average molecular weight is 170 g/mol. The van der Waals surface area contributed by atoms with E-state index >= 15 is 0 Å². The fourth-order valence-corrected chi connectivity index (χ4v) is 1.22. The standard InChI is InChI=1S/C4H4ClNS.ClH/c1-3-2-6-4(5)7-3;/h2H,1H3;1H. The van der Waals surface area contributed by atoms with Crippen LogP contribution in [0.25, 0.3) is 0 Å². The van der Waals surface area contributed by atoms with Gasteiger partial charge in [0.1, 0.15) is 0 Å². The van der Waals surface area contributed by atoms with Crippen molar-refractivity contribution in [3.05, 3.63) is 15.5 Å². The highest BCUT2D eigenvalue weighted by Gasteiger charge is 1.88. The van der Waals surface area contributed by atoms with Gasteiger partial charge in [-0.1, -0.05) is 11.6 Å². The SMILES string of the molecule is Cc1cnc(Cl)s1.Cl. The lowest BCUT2D eigenvalue weighted by Gasteiger charge is -1.66. The summed E-state index contributed by atoms with van der Waals surface area (Å²) in [7, 11) is 0. The van der Waals surface area contributed by atoms with Crippen molar-refractivity contribution >= 4 is 35.3 Å². The van der Waals surface area contributed by atoms with E-state index in [1.54, 1.807) is 6.20 Å². The molecule has 0 amide bonds. The molecule has 0 N–H and O–H groups in total. The molecule has 0 unspecified atom stereocenters. The van der Waals surface area contributed by atoms with Gasteiger partial charge in [-0.2, -0.15) is 0 Å². The second-order valence-electron chi connectivity index (χ2n) is 1.22. The van der Waals surface area contributed by atoms with Crippen LogP contribution in [0.4, 0.5) is 0 Å². The number of halogens is 2. The van der Waals surface area contributed by atoms with Crippen LogP contribution in [0.1, 0.15) is 4.88 Å². The molecule has 0 bridgehead atoms. The minimum Gasteiger partial charge on any atom is -0.233 e. The summed E-state index contributed by atoms with van der Waals surface area (Å²) in [6.45, 7) is 1.98. The summed E-state index contributed by atoms with van der Waals surface area (Å²) in [6, 6.07) is 0. The summed E-state index contributed by atoms with van der Waals surface area (Å²) in [5.74, 6) is 0. The molecule has 46 valence electrons. The van der Waals surface area contributed by atoms with Gasteiger partial charge < -0.3 is 0 Å². The van der Waals surface area contributed by atoms with Crippen molar-refractivity contribution in [2.75, 3.05) is 0 Å². The van der Waals surface area contributed by atoms with Crippen LogP contribution >= 0.6 is 35.3 Å². The van der Waals surface area contributed by atoms with E-state index in [-0.39, 0.29) is 12.4 Å². The van der Waals surface area contributed by atoms with E-state index in [1.807, 2.05) is 6.92 Å². The van der Waals surface area contributed by atoms with E-state index in [2.05, 4.69) is 4.98 Å². The molecule has 0 saturated heterocycles. The molecular formula is C4H5Cl2NS. The van der Waals surface area contributed by atoms with Crippen LogP contribution in [0.2, 0.25) is 4.47 Å². The molecule has 4 heteroatoms. The van der Waals surface area contributed by atoms with Crippen LogP contribution in [0.5, 0.6) is 0 Å². The van der Waals surface area contributed by atoms with E-state index in [9.17, 15) is 0 Å². The number of rotatable bonds is 0. The molecule has 1 nitrogen and oxygen atoms in total. The number of hydrogen-bond donors (Lipinski definition) is 0. The average Bonchev–Trinajstić information content (AvgIpc) is 1.87. The number of thiazole rings is 1. The summed E-state index contributed by atoms with van der Waals surface area (Å²) >= 11 is 6.96.